The number of carbonyl (C=O) groups excluding carboxylic acids is 1. The smallest absolute Gasteiger partial charge is 0.254 e. The van der Waals surface area contributed by atoms with Crippen LogP contribution in [0.2, 0.25) is 0 Å². The molecule has 1 aromatic carbocycles. The zero-order chi connectivity index (χ0) is 10.7. The molecule has 2 rings (SSSR count). The standard InChI is InChI=1S/C12H15N2O/c13-11-6-8-14(9-7-11)12(15)10-4-2-1-3-5-10/h1-4,11H,6-9,13H2. The normalized spacial score (nSPS) is 17.8. The van der Waals surface area contributed by atoms with Gasteiger partial charge in [-0.2, -0.15) is 0 Å². The molecule has 0 aromatic heterocycles. The van der Waals surface area contributed by atoms with Gasteiger partial charge in [-0.3, -0.25) is 4.79 Å². The van der Waals surface area contributed by atoms with Crippen molar-refractivity contribution >= 4 is 5.91 Å². The van der Waals surface area contributed by atoms with E-state index in [-0.39, 0.29) is 11.9 Å². The van der Waals surface area contributed by atoms with Crippen LogP contribution in [-0.2, 0) is 0 Å². The lowest BCUT2D eigenvalue weighted by Gasteiger charge is -2.30. The van der Waals surface area contributed by atoms with Gasteiger partial charge in [0.15, 0.2) is 0 Å². The number of likely N-dealkylation sites (tertiary alicyclic amines) is 1. The lowest BCUT2D eigenvalue weighted by molar-refractivity contribution is 0.0714. The fourth-order valence-corrected chi connectivity index (χ4v) is 1.80. The average Bonchev–Trinajstić information content (AvgIpc) is 2.30. The van der Waals surface area contributed by atoms with Crippen LogP contribution < -0.4 is 5.73 Å². The van der Waals surface area contributed by atoms with E-state index in [1.807, 2.05) is 17.0 Å². The van der Waals surface area contributed by atoms with E-state index in [0.29, 0.717) is 5.56 Å². The summed E-state index contributed by atoms with van der Waals surface area (Å²) in [4.78, 5) is 13.8. The van der Waals surface area contributed by atoms with Crippen LogP contribution in [0.25, 0.3) is 0 Å². The van der Waals surface area contributed by atoms with Crippen molar-refractivity contribution in [3.63, 3.8) is 0 Å². The Morgan fingerprint density at radius 1 is 1.40 bits per heavy atom. The predicted molar refractivity (Wildman–Crippen MR) is 58.4 cm³/mol. The Kier molecular flexibility index (Phi) is 3.02. The van der Waals surface area contributed by atoms with Crippen molar-refractivity contribution in [3.05, 3.63) is 35.9 Å². The number of nitrogens with zero attached hydrogens (tertiary/aromatic N) is 1. The number of piperidine rings is 1. The van der Waals surface area contributed by atoms with Gasteiger partial charge >= 0.3 is 0 Å². The first-order chi connectivity index (χ1) is 7.27. The van der Waals surface area contributed by atoms with E-state index in [1.165, 1.54) is 0 Å². The summed E-state index contributed by atoms with van der Waals surface area (Å²) >= 11 is 0. The van der Waals surface area contributed by atoms with Crippen LogP contribution in [0.5, 0.6) is 0 Å². The van der Waals surface area contributed by atoms with E-state index >= 15 is 0 Å². The van der Waals surface area contributed by atoms with Crippen molar-refractivity contribution in [1.29, 1.82) is 0 Å². The van der Waals surface area contributed by atoms with Crippen LogP contribution in [0, 0.1) is 6.07 Å². The lowest BCUT2D eigenvalue weighted by atomic mass is 10.1. The van der Waals surface area contributed by atoms with Crippen LogP contribution in [0.15, 0.2) is 24.3 Å². The third-order valence-corrected chi connectivity index (χ3v) is 2.77. The largest absolute Gasteiger partial charge is 0.339 e. The van der Waals surface area contributed by atoms with Gasteiger partial charge in [0.1, 0.15) is 0 Å². The van der Waals surface area contributed by atoms with Crippen molar-refractivity contribution in [2.45, 2.75) is 18.9 Å². The maximum atomic E-state index is 12.0. The highest BCUT2D eigenvalue weighted by Gasteiger charge is 2.21. The predicted octanol–water partition coefficient (Wildman–Crippen LogP) is 1.05. The molecule has 1 radical (unpaired) electrons. The highest BCUT2D eigenvalue weighted by molar-refractivity contribution is 5.93. The van der Waals surface area contributed by atoms with Gasteiger partial charge < -0.3 is 10.6 Å². The molecule has 3 nitrogen and oxygen atoms in total. The van der Waals surface area contributed by atoms with E-state index in [0.717, 1.165) is 25.9 Å². The van der Waals surface area contributed by atoms with Crippen LogP contribution in [0.3, 0.4) is 0 Å². The molecule has 0 atom stereocenters. The van der Waals surface area contributed by atoms with E-state index in [2.05, 4.69) is 6.07 Å². The molecule has 1 saturated heterocycles. The average molecular weight is 203 g/mol. The molecule has 1 amide bonds. The van der Waals surface area contributed by atoms with Crippen molar-refractivity contribution in [2.75, 3.05) is 13.1 Å². The van der Waals surface area contributed by atoms with Crippen molar-refractivity contribution < 1.29 is 4.79 Å². The highest BCUT2D eigenvalue weighted by atomic mass is 16.2. The van der Waals surface area contributed by atoms with Gasteiger partial charge in [0, 0.05) is 24.7 Å². The van der Waals surface area contributed by atoms with Gasteiger partial charge in [0.25, 0.3) is 5.91 Å². The molecule has 1 aromatic rings. The Hall–Kier alpha value is -1.35. The second-order valence-corrected chi connectivity index (χ2v) is 3.91. The number of amides is 1. The number of benzene rings is 1. The molecule has 79 valence electrons. The first-order valence-corrected chi connectivity index (χ1v) is 5.29. The second kappa shape index (κ2) is 4.45. The van der Waals surface area contributed by atoms with Crippen LogP contribution in [0.1, 0.15) is 23.2 Å². The zero-order valence-electron chi connectivity index (χ0n) is 8.65. The topological polar surface area (TPSA) is 46.3 Å². The van der Waals surface area contributed by atoms with E-state index < -0.39 is 0 Å². The molecule has 0 spiro atoms. The summed E-state index contributed by atoms with van der Waals surface area (Å²) in [5.41, 5.74) is 6.44. The Labute approximate surface area is 89.9 Å². The maximum absolute atomic E-state index is 12.0. The summed E-state index contributed by atoms with van der Waals surface area (Å²) < 4.78 is 0. The van der Waals surface area contributed by atoms with Crippen molar-refractivity contribution in [2.24, 2.45) is 5.73 Å². The van der Waals surface area contributed by atoms with Gasteiger partial charge in [-0.1, -0.05) is 18.2 Å². The van der Waals surface area contributed by atoms with Gasteiger partial charge in [-0.05, 0) is 25.0 Å². The number of nitrogens with two attached hydrogens (primary N) is 1. The van der Waals surface area contributed by atoms with Crippen molar-refractivity contribution in [3.8, 4) is 0 Å². The summed E-state index contributed by atoms with van der Waals surface area (Å²) in [6.45, 7) is 1.53. The van der Waals surface area contributed by atoms with Gasteiger partial charge in [-0.15, -0.1) is 0 Å². The molecule has 0 unspecified atom stereocenters. The Morgan fingerprint density at radius 2 is 2.13 bits per heavy atom. The third-order valence-electron chi connectivity index (χ3n) is 2.77. The van der Waals surface area contributed by atoms with E-state index in [4.69, 9.17) is 5.73 Å². The Bertz CT molecular complexity index is 329. The summed E-state index contributed by atoms with van der Waals surface area (Å²) in [5, 5.41) is 0. The Balaban J connectivity index is 2.03. The molecular weight excluding hydrogens is 188 g/mol. The fourth-order valence-electron chi connectivity index (χ4n) is 1.80. The number of rotatable bonds is 1. The monoisotopic (exact) mass is 203 g/mol. The van der Waals surface area contributed by atoms with Crippen LogP contribution in [-0.4, -0.2) is 29.9 Å². The van der Waals surface area contributed by atoms with Crippen molar-refractivity contribution in [1.82, 2.24) is 4.90 Å². The minimum atomic E-state index is 0.0718. The van der Waals surface area contributed by atoms with Gasteiger partial charge in [-0.25, -0.2) is 0 Å². The molecule has 3 heteroatoms. The summed E-state index contributed by atoms with van der Waals surface area (Å²) in [6.07, 6.45) is 1.80. The third kappa shape index (κ3) is 2.36. The number of hydrogen-bond acceptors (Lipinski definition) is 2. The molecule has 0 saturated carbocycles. The Morgan fingerprint density at radius 3 is 2.73 bits per heavy atom. The second-order valence-electron chi connectivity index (χ2n) is 3.91. The lowest BCUT2D eigenvalue weighted by Crippen LogP contribution is -2.42. The number of carbonyl (C=O) groups is 1. The summed E-state index contributed by atoms with van der Waals surface area (Å²) in [7, 11) is 0. The molecule has 1 aliphatic heterocycles. The first-order valence-electron chi connectivity index (χ1n) is 5.29. The van der Waals surface area contributed by atoms with Crippen LogP contribution >= 0.6 is 0 Å². The highest BCUT2D eigenvalue weighted by Crippen LogP contribution is 2.12. The van der Waals surface area contributed by atoms with E-state index in [9.17, 15) is 4.79 Å². The SMILES string of the molecule is NC1CCN(C(=O)c2[c]cccc2)CC1. The fraction of sp³-hybridized carbons (Fsp3) is 0.417. The van der Waals surface area contributed by atoms with Gasteiger partial charge in [0.05, 0.1) is 0 Å². The maximum Gasteiger partial charge on any atom is 0.254 e. The molecule has 0 aliphatic carbocycles. The molecule has 1 aliphatic rings. The zero-order valence-corrected chi connectivity index (χ0v) is 8.65. The molecule has 1 heterocycles. The minimum Gasteiger partial charge on any atom is -0.339 e. The molecule has 0 bridgehead atoms. The van der Waals surface area contributed by atoms with Crippen LogP contribution in [0.4, 0.5) is 0 Å². The summed E-state index contributed by atoms with van der Waals surface area (Å²) in [5.74, 6) is 0.0718. The molecule has 2 N–H and O–H groups in total. The minimum absolute atomic E-state index is 0.0718. The first kappa shape index (κ1) is 10.2. The quantitative estimate of drug-likeness (QED) is 0.741. The van der Waals surface area contributed by atoms with Gasteiger partial charge in [0.2, 0.25) is 0 Å². The molecule has 15 heavy (non-hydrogen) atoms. The summed E-state index contributed by atoms with van der Waals surface area (Å²) in [6, 6.07) is 10.5. The molecule has 1 fully saturated rings. The van der Waals surface area contributed by atoms with E-state index in [1.54, 1.807) is 12.1 Å². The molecular formula is C12H15N2O. The number of hydrogen-bond donors (Lipinski definition) is 1.